The van der Waals surface area contributed by atoms with Crippen molar-refractivity contribution in [2.45, 2.75) is 71.6 Å². The highest BCUT2D eigenvalue weighted by molar-refractivity contribution is 7.82. The molecule has 0 aromatic heterocycles. The molecule has 1 N–H and O–H groups in total. The van der Waals surface area contributed by atoms with Crippen LogP contribution in [0.1, 0.15) is 52.7 Å². The van der Waals surface area contributed by atoms with Gasteiger partial charge in [0.15, 0.2) is 17.0 Å². The van der Waals surface area contributed by atoms with E-state index in [1.807, 2.05) is 45.9 Å². The third kappa shape index (κ3) is 9.32. The molecule has 3 amide bonds. The summed E-state index contributed by atoms with van der Waals surface area (Å²) in [7, 11) is 0. The van der Waals surface area contributed by atoms with Gasteiger partial charge in [-0.05, 0) is 77.8 Å². The molecule has 2 aromatic carbocycles. The first-order chi connectivity index (χ1) is 19.4. The van der Waals surface area contributed by atoms with Gasteiger partial charge in [0.25, 0.3) is 5.91 Å². The number of thiol groups is 1. The zero-order valence-corrected chi connectivity index (χ0v) is 26.1. The van der Waals surface area contributed by atoms with Gasteiger partial charge in [-0.25, -0.2) is 18.4 Å². The SMILES string of the molecule is Cc1ccc(CN2CCN(C(=O)OC(C)(C)C)CC2)cc1NC(=O)C(S)N(C(=O)OC(C)(C)C)c1ccc(F)c(F)c1. The normalized spacial score (nSPS) is 15.1. The van der Waals surface area contributed by atoms with Crippen molar-refractivity contribution in [3.05, 3.63) is 59.2 Å². The molecule has 0 saturated carbocycles. The molecule has 9 nitrogen and oxygen atoms in total. The van der Waals surface area contributed by atoms with Crippen LogP contribution in [0.25, 0.3) is 0 Å². The van der Waals surface area contributed by atoms with E-state index in [1.165, 1.54) is 6.07 Å². The summed E-state index contributed by atoms with van der Waals surface area (Å²) in [6, 6.07) is 8.51. The third-order valence-corrected chi connectivity index (χ3v) is 6.71. The van der Waals surface area contributed by atoms with Crippen LogP contribution in [-0.2, 0) is 20.8 Å². The van der Waals surface area contributed by atoms with Crippen LogP contribution in [0.2, 0.25) is 0 Å². The van der Waals surface area contributed by atoms with E-state index >= 15 is 0 Å². The summed E-state index contributed by atoms with van der Waals surface area (Å²) in [5, 5.41) is 1.38. The molecule has 1 heterocycles. The topological polar surface area (TPSA) is 91.4 Å². The van der Waals surface area contributed by atoms with Crippen molar-refractivity contribution in [2.24, 2.45) is 0 Å². The van der Waals surface area contributed by atoms with Crippen molar-refractivity contribution >= 4 is 42.1 Å². The Bertz CT molecular complexity index is 1300. The number of amides is 3. The van der Waals surface area contributed by atoms with E-state index in [9.17, 15) is 23.2 Å². The molecule has 1 fully saturated rings. The van der Waals surface area contributed by atoms with Crippen molar-refractivity contribution in [1.29, 1.82) is 0 Å². The number of hydrogen-bond donors (Lipinski definition) is 2. The fourth-order valence-electron chi connectivity index (χ4n) is 4.18. The Balaban J connectivity index is 1.71. The standard InChI is InChI=1S/C30H40F2N4O5S/c1-19-8-9-20(18-34-12-14-35(15-13-34)27(38)40-29(2,3)4)16-24(19)33-25(37)26(42)36(28(39)41-30(5,6)7)21-10-11-22(31)23(32)17-21/h8-11,16-17,26,42H,12-15,18H2,1-7H3,(H,33,37). The quantitative estimate of drug-likeness (QED) is 0.312. The van der Waals surface area contributed by atoms with Crippen molar-refractivity contribution in [2.75, 3.05) is 36.4 Å². The minimum Gasteiger partial charge on any atom is -0.444 e. The number of hydrogen-bond acceptors (Lipinski definition) is 7. The lowest BCUT2D eigenvalue weighted by Gasteiger charge is -2.35. The van der Waals surface area contributed by atoms with Crippen LogP contribution < -0.4 is 10.2 Å². The summed E-state index contributed by atoms with van der Waals surface area (Å²) in [4.78, 5) is 43.5. The predicted octanol–water partition coefficient (Wildman–Crippen LogP) is 5.96. The van der Waals surface area contributed by atoms with E-state index in [2.05, 4.69) is 22.8 Å². The summed E-state index contributed by atoms with van der Waals surface area (Å²) in [6.07, 6.45) is -1.27. The van der Waals surface area contributed by atoms with Crippen LogP contribution >= 0.6 is 12.6 Å². The van der Waals surface area contributed by atoms with Gasteiger partial charge in [0, 0.05) is 44.5 Å². The number of rotatable bonds is 6. The molecule has 0 spiro atoms. The van der Waals surface area contributed by atoms with E-state index in [0.29, 0.717) is 38.4 Å². The largest absolute Gasteiger partial charge is 0.444 e. The molecule has 0 bridgehead atoms. The van der Waals surface area contributed by atoms with Crippen LogP contribution in [-0.4, -0.2) is 70.6 Å². The number of halogens is 2. The number of aryl methyl sites for hydroxylation is 1. The maximum Gasteiger partial charge on any atom is 0.416 e. The molecule has 42 heavy (non-hydrogen) atoms. The second-order valence-electron chi connectivity index (χ2n) is 12.2. The highest BCUT2D eigenvalue weighted by Crippen LogP contribution is 2.26. The summed E-state index contributed by atoms with van der Waals surface area (Å²) in [6.45, 7) is 15.3. The fourth-order valence-corrected chi connectivity index (χ4v) is 4.47. The van der Waals surface area contributed by atoms with Crippen LogP contribution in [0.15, 0.2) is 36.4 Å². The molecule has 1 aliphatic rings. The molecule has 0 aliphatic carbocycles. The van der Waals surface area contributed by atoms with E-state index < -0.39 is 40.2 Å². The van der Waals surface area contributed by atoms with Crippen LogP contribution in [0.3, 0.4) is 0 Å². The summed E-state index contributed by atoms with van der Waals surface area (Å²) < 4.78 is 38.6. The predicted molar refractivity (Wildman–Crippen MR) is 161 cm³/mol. The minimum absolute atomic E-state index is 0.0886. The van der Waals surface area contributed by atoms with Crippen molar-refractivity contribution in [3.8, 4) is 0 Å². The molecule has 3 rings (SSSR count). The number of carbonyl (C=O) groups is 3. The number of nitrogens with zero attached hydrogens (tertiary/aromatic N) is 3. The number of ether oxygens (including phenoxy) is 2. The van der Waals surface area contributed by atoms with Crippen molar-refractivity contribution in [1.82, 2.24) is 9.80 Å². The first-order valence-corrected chi connectivity index (χ1v) is 14.2. The zero-order chi connectivity index (χ0) is 31.4. The number of piperazine rings is 1. The molecule has 0 radical (unpaired) electrons. The van der Waals surface area contributed by atoms with Gasteiger partial charge in [0.2, 0.25) is 0 Å². The molecule has 230 valence electrons. The van der Waals surface area contributed by atoms with Gasteiger partial charge >= 0.3 is 12.2 Å². The monoisotopic (exact) mass is 606 g/mol. The Hall–Kier alpha value is -3.38. The molecule has 12 heteroatoms. The Kier molecular flexibility index (Phi) is 10.5. The minimum atomic E-state index is -1.42. The van der Waals surface area contributed by atoms with Crippen LogP contribution in [0.4, 0.5) is 29.7 Å². The molecule has 1 unspecified atom stereocenters. The van der Waals surface area contributed by atoms with E-state index in [-0.39, 0.29) is 11.8 Å². The maximum absolute atomic E-state index is 14.1. The van der Waals surface area contributed by atoms with Crippen molar-refractivity contribution < 1.29 is 32.6 Å². The molecule has 2 aromatic rings. The van der Waals surface area contributed by atoms with Crippen LogP contribution in [0, 0.1) is 18.6 Å². The molecule has 1 saturated heterocycles. The average molecular weight is 607 g/mol. The summed E-state index contributed by atoms with van der Waals surface area (Å²) in [5.41, 5.74) is 0.664. The Labute approximate surface area is 251 Å². The zero-order valence-electron chi connectivity index (χ0n) is 25.2. The summed E-state index contributed by atoms with van der Waals surface area (Å²) >= 11 is 4.37. The lowest BCUT2D eigenvalue weighted by molar-refractivity contribution is -0.115. The molecular weight excluding hydrogens is 566 g/mol. The lowest BCUT2D eigenvalue weighted by atomic mass is 10.1. The van der Waals surface area contributed by atoms with Crippen LogP contribution in [0.5, 0.6) is 0 Å². The maximum atomic E-state index is 14.1. The highest BCUT2D eigenvalue weighted by Gasteiger charge is 2.33. The Morgan fingerprint density at radius 2 is 1.55 bits per heavy atom. The van der Waals surface area contributed by atoms with Gasteiger partial charge in [-0.1, -0.05) is 12.1 Å². The third-order valence-electron chi connectivity index (χ3n) is 6.24. The first kappa shape index (κ1) is 33.1. The Morgan fingerprint density at radius 1 is 0.929 bits per heavy atom. The second kappa shape index (κ2) is 13.3. The molecular formula is C30H40F2N4O5S. The second-order valence-corrected chi connectivity index (χ2v) is 12.7. The lowest BCUT2D eigenvalue weighted by Crippen LogP contribution is -2.49. The van der Waals surface area contributed by atoms with Gasteiger partial charge in [0.05, 0.1) is 5.69 Å². The fraction of sp³-hybridized carbons (Fsp3) is 0.500. The van der Waals surface area contributed by atoms with E-state index in [0.717, 1.165) is 28.2 Å². The number of nitrogens with one attached hydrogen (secondary N) is 1. The number of carbonyl (C=O) groups excluding carboxylic acids is 3. The first-order valence-electron chi connectivity index (χ1n) is 13.7. The van der Waals surface area contributed by atoms with Crippen molar-refractivity contribution in [3.63, 3.8) is 0 Å². The molecule has 1 atom stereocenters. The van der Waals surface area contributed by atoms with E-state index in [1.54, 1.807) is 25.7 Å². The summed E-state index contributed by atoms with van der Waals surface area (Å²) in [5.74, 6) is -2.95. The van der Waals surface area contributed by atoms with Gasteiger partial charge in [-0.2, -0.15) is 0 Å². The number of anilines is 2. The molecule has 1 aliphatic heterocycles. The van der Waals surface area contributed by atoms with E-state index in [4.69, 9.17) is 9.47 Å². The highest BCUT2D eigenvalue weighted by atomic mass is 32.1. The average Bonchev–Trinajstić information content (AvgIpc) is 2.86. The van der Waals surface area contributed by atoms with Gasteiger partial charge in [-0.15, -0.1) is 12.6 Å². The smallest absolute Gasteiger partial charge is 0.416 e. The Morgan fingerprint density at radius 3 is 2.12 bits per heavy atom. The van der Waals surface area contributed by atoms with Gasteiger partial charge in [-0.3, -0.25) is 14.6 Å². The number of benzene rings is 2. The van der Waals surface area contributed by atoms with Gasteiger partial charge < -0.3 is 19.7 Å². The van der Waals surface area contributed by atoms with Gasteiger partial charge in [0.1, 0.15) is 11.2 Å².